The molecule has 0 radical (unpaired) electrons. The lowest BCUT2D eigenvalue weighted by Crippen LogP contribution is -2.10. The van der Waals surface area contributed by atoms with Crippen molar-refractivity contribution >= 4 is 5.69 Å². The zero-order valence-corrected chi connectivity index (χ0v) is 6.64. The molecule has 0 saturated carbocycles. The van der Waals surface area contributed by atoms with Crippen molar-refractivity contribution in [3.05, 3.63) is 29.3 Å². The first kappa shape index (κ1) is 8.93. The van der Waals surface area contributed by atoms with E-state index in [1.165, 1.54) is 6.07 Å². The smallest absolute Gasteiger partial charge is 0.266 e. The highest BCUT2D eigenvalue weighted by Crippen LogP contribution is 2.29. The zero-order valence-electron chi connectivity index (χ0n) is 6.64. The minimum atomic E-state index is -2.49. The van der Waals surface area contributed by atoms with Crippen molar-refractivity contribution in [2.24, 2.45) is 5.84 Å². The van der Waals surface area contributed by atoms with Crippen LogP contribution in [0.4, 0.5) is 14.5 Å². The normalized spacial score (nSPS) is 10.4. The van der Waals surface area contributed by atoms with E-state index in [1.54, 1.807) is 19.1 Å². The van der Waals surface area contributed by atoms with Crippen LogP contribution < -0.4 is 11.3 Å². The van der Waals surface area contributed by atoms with E-state index >= 15 is 0 Å². The summed E-state index contributed by atoms with van der Waals surface area (Å²) in [6.45, 7) is 1.63. The van der Waals surface area contributed by atoms with Gasteiger partial charge in [0.05, 0.1) is 5.69 Å². The van der Waals surface area contributed by atoms with Gasteiger partial charge in [0.25, 0.3) is 6.43 Å². The number of aryl methyl sites for hydroxylation is 1. The van der Waals surface area contributed by atoms with Gasteiger partial charge in [-0.2, -0.15) is 0 Å². The van der Waals surface area contributed by atoms with Crippen LogP contribution in [0.2, 0.25) is 0 Å². The molecule has 0 aliphatic carbocycles. The molecule has 0 saturated heterocycles. The van der Waals surface area contributed by atoms with Gasteiger partial charge in [0.15, 0.2) is 0 Å². The van der Waals surface area contributed by atoms with Crippen LogP contribution in [-0.2, 0) is 0 Å². The van der Waals surface area contributed by atoms with Crippen molar-refractivity contribution in [1.82, 2.24) is 0 Å². The molecule has 1 rings (SSSR count). The van der Waals surface area contributed by atoms with Gasteiger partial charge < -0.3 is 5.43 Å². The van der Waals surface area contributed by atoms with E-state index in [0.717, 1.165) is 0 Å². The zero-order chi connectivity index (χ0) is 9.14. The third kappa shape index (κ3) is 1.53. The molecule has 0 atom stereocenters. The van der Waals surface area contributed by atoms with E-state index in [-0.39, 0.29) is 11.3 Å². The molecule has 0 bridgehead atoms. The second-order valence-electron chi connectivity index (χ2n) is 2.48. The molecule has 4 heteroatoms. The third-order valence-electron chi connectivity index (χ3n) is 1.70. The Morgan fingerprint density at radius 2 is 2.08 bits per heavy atom. The van der Waals surface area contributed by atoms with Gasteiger partial charge in [-0.1, -0.05) is 12.1 Å². The molecule has 0 fully saturated rings. The van der Waals surface area contributed by atoms with Crippen molar-refractivity contribution in [3.63, 3.8) is 0 Å². The Morgan fingerprint density at radius 1 is 1.42 bits per heavy atom. The Hall–Kier alpha value is -1.16. The second kappa shape index (κ2) is 3.49. The topological polar surface area (TPSA) is 38.0 Å². The van der Waals surface area contributed by atoms with Gasteiger partial charge in [-0.15, -0.1) is 0 Å². The minimum Gasteiger partial charge on any atom is -0.324 e. The first-order valence-corrected chi connectivity index (χ1v) is 3.51. The van der Waals surface area contributed by atoms with Gasteiger partial charge in [-0.25, -0.2) is 8.78 Å². The average molecular weight is 172 g/mol. The Kier molecular flexibility index (Phi) is 2.60. The summed E-state index contributed by atoms with van der Waals surface area (Å²) in [6, 6.07) is 4.83. The number of nitrogen functional groups attached to an aromatic ring is 1. The molecule has 66 valence electrons. The van der Waals surface area contributed by atoms with Crippen LogP contribution in [0, 0.1) is 6.92 Å². The van der Waals surface area contributed by atoms with Crippen LogP contribution in [0.1, 0.15) is 17.6 Å². The molecular weight excluding hydrogens is 162 g/mol. The molecule has 0 aliphatic rings. The number of anilines is 1. The van der Waals surface area contributed by atoms with Crippen LogP contribution in [-0.4, -0.2) is 0 Å². The number of nitrogens with two attached hydrogens (primary N) is 1. The summed E-state index contributed by atoms with van der Waals surface area (Å²) in [6.07, 6.45) is -2.49. The molecule has 1 aromatic rings. The summed E-state index contributed by atoms with van der Waals surface area (Å²) in [4.78, 5) is 0. The van der Waals surface area contributed by atoms with E-state index in [1.807, 2.05) is 0 Å². The maximum atomic E-state index is 12.4. The van der Waals surface area contributed by atoms with Gasteiger partial charge in [-0.3, -0.25) is 5.84 Å². The van der Waals surface area contributed by atoms with E-state index in [9.17, 15) is 8.78 Å². The number of hydrogen-bond acceptors (Lipinski definition) is 2. The van der Waals surface area contributed by atoms with E-state index < -0.39 is 6.43 Å². The summed E-state index contributed by atoms with van der Waals surface area (Å²) in [5.41, 5.74) is 3.03. The van der Waals surface area contributed by atoms with Crippen LogP contribution in [0.5, 0.6) is 0 Å². The monoisotopic (exact) mass is 172 g/mol. The van der Waals surface area contributed by atoms with Gasteiger partial charge in [0.2, 0.25) is 0 Å². The van der Waals surface area contributed by atoms with Crippen LogP contribution in [0.3, 0.4) is 0 Å². The first-order chi connectivity index (χ1) is 5.66. The molecule has 0 amide bonds. The molecule has 0 unspecified atom stereocenters. The Balaban J connectivity index is 3.20. The van der Waals surface area contributed by atoms with E-state index in [0.29, 0.717) is 5.56 Å². The number of halogens is 2. The Morgan fingerprint density at radius 3 is 2.50 bits per heavy atom. The molecule has 0 aromatic heterocycles. The summed E-state index contributed by atoms with van der Waals surface area (Å²) in [7, 11) is 0. The summed E-state index contributed by atoms with van der Waals surface area (Å²) in [5.74, 6) is 5.07. The highest BCUT2D eigenvalue weighted by atomic mass is 19.3. The predicted octanol–water partition coefficient (Wildman–Crippen LogP) is 2.22. The van der Waals surface area contributed by atoms with Crippen molar-refractivity contribution in [3.8, 4) is 0 Å². The summed E-state index contributed by atoms with van der Waals surface area (Å²) >= 11 is 0. The maximum Gasteiger partial charge on any atom is 0.266 e. The highest BCUT2D eigenvalue weighted by molar-refractivity contribution is 5.54. The lowest BCUT2D eigenvalue weighted by molar-refractivity contribution is 0.151. The molecule has 2 nitrogen and oxygen atoms in total. The number of benzene rings is 1. The van der Waals surface area contributed by atoms with Crippen molar-refractivity contribution in [1.29, 1.82) is 0 Å². The summed E-state index contributed by atoms with van der Waals surface area (Å²) in [5, 5.41) is 0. The van der Waals surface area contributed by atoms with Gasteiger partial charge >= 0.3 is 0 Å². The minimum absolute atomic E-state index is 0.0278. The fourth-order valence-electron chi connectivity index (χ4n) is 1.10. The Bertz CT molecular complexity index is 274. The SMILES string of the molecule is Cc1cccc(NN)c1C(F)F. The standard InChI is InChI=1S/C8H10F2N2/c1-5-3-2-4-6(12-11)7(5)8(9)10/h2-4,8,12H,11H2,1H3. The quantitative estimate of drug-likeness (QED) is 0.530. The average Bonchev–Trinajstić information content (AvgIpc) is 2.03. The molecule has 0 aliphatic heterocycles. The number of nitrogens with one attached hydrogen (secondary N) is 1. The number of hydrogen-bond donors (Lipinski definition) is 2. The van der Waals surface area contributed by atoms with Crippen molar-refractivity contribution in [2.75, 3.05) is 5.43 Å². The van der Waals surface area contributed by atoms with Gasteiger partial charge in [0.1, 0.15) is 0 Å². The van der Waals surface area contributed by atoms with Crippen molar-refractivity contribution < 1.29 is 8.78 Å². The van der Waals surface area contributed by atoms with Crippen LogP contribution in [0.25, 0.3) is 0 Å². The van der Waals surface area contributed by atoms with Gasteiger partial charge in [0, 0.05) is 5.56 Å². The lowest BCUT2D eigenvalue weighted by Gasteiger charge is -2.10. The fourth-order valence-corrected chi connectivity index (χ4v) is 1.10. The molecule has 0 spiro atoms. The maximum absolute atomic E-state index is 12.4. The second-order valence-corrected chi connectivity index (χ2v) is 2.48. The molecule has 12 heavy (non-hydrogen) atoms. The molecule has 1 aromatic carbocycles. The number of rotatable bonds is 2. The number of alkyl halides is 2. The van der Waals surface area contributed by atoms with E-state index in [4.69, 9.17) is 5.84 Å². The van der Waals surface area contributed by atoms with Crippen molar-refractivity contribution in [2.45, 2.75) is 13.3 Å². The Labute approximate surface area is 69.4 Å². The van der Waals surface area contributed by atoms with Crippen LogP contribution in [0.15, 0.2) is 18.2 Å². The first-order valence-electron chi connectivity index (χ1n) is 3.51. The van der Waals surface area contributed by atoms with Gasteiger partial charge in [-0.05, 0) is 18.6 Å². The lowest BCUT2D eigenvalue weighted by atomic mass is 10.1. The molecule has 3 N–H and O–H groups in total. The largest absolute Gasteiger partial charge is 0.324 e. The predicted molar refractivity (Wildman–Crippen MR) is 43.9 cm³/mol. The molecule has 0 heterocycles. The van der Waals surface area contributed by atoms with E-state index in [2.05, 4.69) is 5.43 Å². The number of hydrazine groups is 1. The third-order valence-corrected chi connectivity index (χ3v) is 1.70. The van der Waals surface area contributed by atoms with Crippen LogP contribution >= 0.6 is 0 Å². The molecular formula is C8H10F2N2. The fraction of sp³-hybridized carbons (Fsp3) is 0.250. The summed E-state index contributed by atoms with van der Waals surface area (Å²) < 4.78 is 24.8. The highest BCUT2D eigenvalue weighted by Gasteiger charge is 2.14.